The molecular formula is C13H7BrF3NO. The van der Waals surface area contributed by atoms with E-state index < -0.39 is 23.4 Å². The minimum absolute atomic E-state index is 0.0447. The monoisotopic (exact) mass is 329 g/mol. The summed E-state index contributed by atoms with van der Waals surface area (Å²) in [5.41, 5.74) is -0.151. The van der Waals surface area contributed by atoms with Crippen LogP contribution < -0.4 is 5.32 Å². The first-order chi connectivity index (χ1) is 8.99. The van der Waals surface area contributed by atoms with Crippen LogP contribution in [-0.4, -0.2) is 5.91 Å². The molecule has 0 aromatic heterocycles. The topological polar surface area (TPSA) is 29.1 Å². The van der Waals surface area contributed by atoms with Crippen molar-refractivity contribution in [2.24, 2.45) is 0 Å². The molecule has 0 aliphatic heterocycles. The summed E-state index contributed by atoms with van der Waals surface area (Å²) in [6.45, 7) is 0. The van der Waals surface area contributed by atoms with E-state index >= 15 is 0 Å². The van der Waals surface area contributed by atoms with Crippen molar-refractivity contribution in [2.75, 3.05) is 5.32 Å². The summed E-state index contributed by atoms with van der Waals surface area (Å²) in [7, 11) is 0. The van der Waals surface area contributed by atoms with Gasteiger partial charge in [0.1, 0.15) is 5.82 Å². The van der Waals surface area contributed by atoms with Crippen LogP contribution in [0.3, 0.4) is 0 Å². The zero-order chi connectivity index (χ0) is 14.0. The Balaban J connectivity index is 2.26. The van der Waals surface area contributed by atoms with Crippen molar-refractivity contribution in [3.8, 4) is 0 Å². The molecule has 1 amide bonds. The highest BCUT2D eigenvalue weighted by Crippen LogP contribution is 2.20. The standard InChI is InChI=1S/C13H7BrF3NO/c14-9-3-1-2-8(12(9)17)13(19)18-7-4-5-10(15)11(16)6-7/h1-6H,(H,18,19). The Kier molecular flexibility index (Phi) is 3.90. The van der Waals surface area contributed by atoms with Gasteiger partial charge in [0.05, 0.1) is 10.0 Å². The predicted molar refractivity (Wildman–Crippen MR) is 68.4 cm³/mol. The molecule has 0 bridgehead atoms. The normalized spacial score (nSPS) is 10.3. The van der Waals surface area contributed by atoms with E-state index in [-0.39, 0.29) is 15.7 Å². The third-order valence-electron chi connectivity index (χ3n) is 2.37. The van der Waals surface area contributed by atoms with E-state index in [9.17, 15) is 18.0 Å². The molecule has 0 unspecified atom stereocenters. The van der Waals surface area contributed by atoms with Gasteiger partial charge in [-0.2, -0.15) is 0 Å². The van der Waals surface area contributed by atoms with E-state index in [0.29, 0.717) is 0 Å². The molecule has 0 saturated heterocycles. The second-order valence-electron chi connectivity index (χ2n) is 3.68. The van der Waals surface area contributed by atoms with Crippen molar-refractivity contribution in [1.29, 1.82) is 0 Å². The van der Waals surface area contributed by atoms with Crippen LogP contribution in [0.15, 0.2) is 40.9 Å². The maximum absolute atomic E-state index is 13.7. The van der Waals surface area contributed by atoms with Gasteiger partial charge in [-0.3, -0.25) is 4.79 Å². The van der Waals surface area contributed by atoms with Crippen molar-refractivity contribution in [1.82, 2.24) is 0 Å². The summed E-state index contributed by atoms with van der Waals surface area (Å²) >= 11 is 2.96. The average molecular weight is 330 g/mol. The molecule has 98 valence electrons. The van der Waals surface area contributed by atoms with Crippen LogP contribution in [-0.2, 0) is 0 Å². The van der Waals surface area contributed by atoms with Crippen LogP contribution in [0.5, 0.6) is 0 Å². The van der Waals surface area contributed by atoms with Gasteiger partial charge in [-0.15, -0.1) is 0 Å². The number of nitrogens with one attached hydrogen (secondary N) is 1. The van der Waals surface area contributed by atoms with E-state index in [0.717, 1.165) is 12.1 Å². The van der Waals surface area contributed by atoms with Crippen LogP contribution in [0.25, 0.3) is 0 Å². The molecule has 6 heteroatoms. The van der Waals surface area contributed by atoms with E-state index in [2.05, 4.69) is 21.2 Å². The molecule has 0 aliphatic carbocycles. The summed E-state index contributed by atoms with van der Waals surface area (Å²) in [5, 5.41) is 2.29. The summed E-state index contributed by atoms with van der Waals surface area (Å²) in [6, 6.07) is 7.11. The number of hydrogen-bond donors (Lipinski definition) is 1. The number of amides is 1. The highest BCUT2D eigenvalue weighted by atomic mass is 79.9. The second kappa shape index (κ2) is 5.44. The quantitative estimate of drug-likeness (QED) is 0.882. The van der Waals surface area contributed by atoms with E-state index in [1.807, 2.05) is 0 Å². The smallest absolute Gasteiger partial charge is 0.258 e. The number of benzene rings is 2. The van der Waals surface area contributed by atoms with Gasteiger partial charge < -0.3 is 5.32 Å². The van der Waals surface area contributed by atoms with Crippen molar-refractivity contribution < 1.29 is 18.0 Å². The minimum Gasteiger partial charge on any atom is -0.322 e. The van der Waals surface area contributed by atoms with Gasteiger partial charge in [0.15, 0.2) is 11.6 Å². The van der Waals surface area contributed by atoms with Crippen LogP contribution in [0.1, 0.15) is 10.4 Å². The molecule has 0 fully saturated rings. The van der Waals surface area contributed by atoms with Gasteiger partial charge in [0, 0.05) is 11.8 Å². The first kappa shape index (κ1) is 13.6. The van der Waals surface area contributed by atoms with Crippen LogP contribution in [0.2, 0.25) is 0 Å². The fourth-order valence-corrected chi connectivity index (χ4v) is 1.82. The van der Waals surface area contributed by atoms with Gasteiger partial charge in [-0.25, -0.2) is 13.2 Å². The molecule has 2 aromatic rings. The summed E-state index contributed by atoms with van der Waals surface area (Å²) in [5.74, 6) is -3.58. The van der Waals surface area contributed by atoms with Gasteiger partial charge in [-0.05, 0) is 40.2 Å². The van der Waals surface area contributed by atoms with E-state index in [4.69, 9.17) is 0 Å². The fourth-order valence-electron chi connectivity index (χ4n) is 1.45. The van der Waals surface area contributed by atoms with Gasteiger partial charge in [0.25, 0.3) is 5.91 Å². The lowest BCUT2D eigenvalue weighted by Gasteiger charge is -2.07. The molecule has 0 spiro atoms. The number of halogens is 4. The number of carbonyl (C=O) groups is 1. The van der Waals surface area contributed by atoms with Crippen LogP contribution in [0, 0.1) is 17.5 Å². The van der Waals surface area contributed by atoms with Crippen molar-refractivity contribution >= 4 is 27.5 Å². The number of anilines is 1. The zero-order valence-electron chi connectivity index (χ0n) is 9.38. The molecule has 0 saturated carbocycles. The molecule has 2 rings (SSSR count). The molecule has 19 heavy (non-hydrogen) atoms. The summed E-state index contributed by atoms with van der Waals surface area (Å²) < 4.78 is 39.5. The highest BCUT2D eigenvalue weighted by molar-refractivity contribution is 9.10. The SMILES string of the molecule is O=C(Nc1ccc(F)c(F)c1)c1cccc(Br)c1F. The maximum Gasteiger partial charge on any atom is 0.258 e. The molecule has 0 heterocycles. The number of rotatable bonds is 2. The first-order valence-electron chi connectivity index (χ1n) is 5.19. The highest BCUT2D eigenvalue weighted by Gasteiger charge is 2.14. The lowest BCUT2D eigenvalue weighted by atomic mass is 10.2. The Morgan fingerprint density at radius 2 is 1.79 bits per heavy atom. The summed E-state index contributed by atoms with van der Waals surface area (Å²) in [6.07, 6.45) is 0. The van der Waals surface area contributed by atoms with Gasteiger partial charge >= 0.3 is 0 Å². The van der Waals surface area contributed by atoms with Gasteiger partial charge in [0.2, 0.25) is 0 Å². The lowest BCUT2D eigenvalue weighted by Crippen LogP contribution is -2.14. The molecule has 0 aliphatic rings. The Hall–Kier alpha value is -1.82. The van der Waals surface area contributed by atoms with Crippen molar-refractivity contribution in [3.63, 3.8) is 0 Å². The molecule has 0 radical (unpaired) electrons. The van der Waals surface area contributed by atoms with Crippen molar-refractivity contribution in [3.05, 3.63) is 63.9 Å². The fraction of sp³-hybridized carbons (Fsp3) is 0. The van der Waals surface area contributed by atoms with Gasteiger partial charge in [-0.1, -0.05) is 6.07 Å². The lowest BCUT2D eigenvalue weighted by molar-refractivity contribution is 0.102. The third-order valence-corrected chi connectivity index (χ3v) is 2.99. The molecule has 0 atom stereocenters. The Labute approximate surface area is 115 Å². The summed E-state index contributed by atoms with van der Waals surface area (Å²) in [4.78, 5) is 11.8. The van der Waals surface area contributed by atoms with E-state index in [1.165, 1.54) is 24.3 Å². The maximum atomic E-state index is 13.7. The minimum atomic E-state index is -1.09. The van der Waals surface area contributed by atoms with Crippen LogP contribution >= 0.6 is 15.9 Å². The molecule has 1 N–H and O–H groups in total. The third kappa shape index (κ3) is 2.96. The Bertz CT molecular complexity index is 646. The average Bonchev–Trinajstić information content (AvgIpc) is 2.37. The zero-order valence-corrected chi connectivity index (χ0v) is 11.0. The second-order valence-corrected chi connectivity index (χ2v) is 4.54. The molecule has 2 aromatic carbocycles. The predicted octanol–water partition coefficient (Wildman–Crippen LogP) is 4.12. The largest absolute Gasteiger partial charge is 0.322 e. The van der Waals surface area contributed by atoms with Crippen LogP contribution in [0.4, 0.5) is 18.9 Å². The Morgan fingerprint density at radius 1 is 1.05 bits per heavy atom. The number of carbonyl (C=O) groups excluding carboxylic acids is 1. The molecular weight excluding hydrogens is 323 g/mol. The van der Waals surface area contributed by atoms with E-state index in [1.54, 1.807) is 0 Å². The first-order valence-corrected chi connectivity index (χ1v) is 5.99. The Morgan fingerprint density at radius 3 is 2.47 bits per heavy atom. The molecule has 2 nitrogen and oxygen atoms in total. The number of hydrogen-bond acceptors (Lipinski definition) is 1. The van der Waals surface area contributed by atoms with Crippen molar-refractivity contribution in [2.45, 2.75) is 0 Å².